The van der Waals surface area contributed by atoms with Gasteiger partial charge in [0.2, 0.25) is 5.95 Å². The lowest BCUT2D eigenvalue weighted by atomic mass is 10.1. The number of aliphatic hydroxyl groups is 2. The van der Waals surface area contributed by atoms with E-state index in [0.29, 0.717) is 24.1 Å². The van der Waals surface area contributed by atoms with Crippen molar-refractivity contribution in [1.29, 1.82) is 0 Å². The van der Waals surface area contributed by atoms with Gasteiger partial charge in [0, 0.05) is 25.7 Å². The molecule has 2 aromatic heterocycles. The number of fused-ring (bicyclic) bond motifs is 1. The van der Waals surface area contributed by atoms with Gasteiger partial charge in [0.1, 0.15) is 5.52 Å². The Labute approximate surface area is 130 Å². The Balaban J connectivity index is 0.000000463. The zero-order valence-corrected chi connectivity index (χ0v) is 12.9. The normalized spacial score (nSPS) is 11.6. The fraction of sp³-hybridized carbons (Fsp3) is 0.500. The highest BCUT2D eigenvalue weighted by molar-refractivity contribution is 7.45. The quantitative estimate of drug-likeness (QED) is 0.294. The third kappa shape index (κ3) is 6.44. The summed E-state index contributed by atoms with van der Waals surface area (Å²) in [6.45, 7) is 0.461. The standard InChI is InChI=1S/C10H16N6O2.H3O4P/c11-8-7-9(15-10(12)14-8)16(5-13-7)2-1-6(3-17)4-18;1-5(2,3)4/h5-6,17-18H,1-4H2,(H4,11,12,14,15);(H3,1,2,3,4). The molecule has 2 rings (SSSR count). The summed E-state index contributed by atoms with van der Waals surface area (Å²) in [6, 6.07) is 0. The molecule has 23 heavy (non-hydrogen) atoms. The number of anilines is 2. The van der Waals surface area contributed by atoms with E-state index in [1.54, 1.807) is 10.9 Å². The van der Waals surface area contributed by atoms with E-state index in [1.165, 1.54) is 0 Å². The summed E-state index contributed by atoms with van der Waals surface area (Å²) in [4.78, 5) is 33.6. The van der Waals surface area contributed by atoms with Gasteiger partial charge in [-0.15, -0.1) is 0 Å². The smallest absolute Gasteiger partial charge is 0.396 e. The largest absolute Gasteiger partial charge is 0.466 e. The topological polar surface area (TPSA) is 214 Å². The number of nitrogens with zero attached hydrogens (tertiary/aromatic N) is 4. The number of hydrogen-bond acceptors (Lipinski definition) is 8. The van der Waals surface area contributed by atoms with Gasteiger partial charge >= 0.3 is 7.82 Å². The number of rotatable bonds is 5. The summed E-state index contributed by atoms with van der Waals surface area (Å²) < 4.78 is 10.7. The van der Waals surface area contributed by atoms with Crippen LogP contribution in [0.25, 0.3) is 11.2 Å². The maximum absolute atomic E-state index is 9.01. The Bertz CT molecular complexity index is 676. The second-order valence-corrected chi connectivity index (χ2v) is 5.64. The van der Waals surface area contributed by atoms with E-state index >= 15 is 0 Å². The van der Waals surface area contributed by atoms with Gasteiger partial charge in [0.05, 0.1) is 6.33 Å². The summed E-state index contributed by atoms with van der Waals surface area (Å²) in [6.07, 6.45) is 2.21. The Morgan fingerprint density at radius 1 is 1.17 bits per heavy atom. The van der Waals surface area contributed by atoms with Crippen LogP contribution in [0.4, 0.5) is 11.8 Å². The number of aromatic nitrogens is 4. The van der Waals surface area contributed by atoms with E-state index in [-0.39, 0.29) is 30.9 Å². The average molecular weight is 350 g/mol. The van der Waals surface area contributed by atoms with Gasteiger partial charge in [-0.2, -0.15) is 9.97 Å². The fourth-order valence-electron chi connectivity index (χ4n) is 1.71. The van der Waals surface area contributed by atoms with Crippen LogP contribution in [0.3, 0.4) is 0 Å². The van der Waals surface area contributed by atoms with Gasteiger partial charge in [-0.3, -0.25) is 0 Å². The molecule has 0 atom stereocenters. The highest BCUT2D eigenvalue weighted by atomic mass is 31.2. The molecule has 0 amide bonds. The van der Waals surface area contributed by atoms with Crippen LogP contribution < -0.4 is 11.5 Å². The molecule has 0 aliphatic carbocycles. The first-order valence-corrected chi connectivity index (χ1v) is 7.96. The van der Waals surface area contributed by atoms with Crippen LogP contribution in [0.2, 0.25) is 0 Å². The Morgan fingerprint density at radius 2 is 1.74 bits per heavy atom. The van der Waals surface area contributed by atoms with Gasteiger partial charge < -0.3 is 40.9 Å². The number of imidazole rings is 1. The minimum Gasteiger partial charge on any atom is -0.396 e. The molecule has 2 aromatic rings. The summed E-state index contributed by atoms with van der Waals surface area (Å²) in [5.74, 6) is 0.193. The zero-order chi connectivity index (χ0) is 17.6. The Kier molecular flexibility index (Phi) is 6.81. The van der Waals surface area contributed by atoms with Crippen LogP contribution in [0.5, 0.6) is 0 Å². The van der Waals surface area contributed by atoms with Crippen molar-refractivity contribution >= 4 is 30.8 Å². The highest BCUT2D eigenvalue weighted by Crippen LogP contribution is 2.25. The minimum atomic E-state index is -4.64. The van der Waals surface area contributed by atoms with Crippen molar-refractivity contribution in [1.82, 2.24) is 19.5 Å². The molecule has 0 saturated heterocycles. The predicted molar refractivity (Wildman–Crippen MR) is 80.7 cm³/mol. The SMILES string of the molecule is Nc1nc(N)c2ncn(CCC(CO)CO)c2n1.O=P(O)(O)O. The number of aryl methyl sites for hydroxylation is 1. The van der Waals surface area contributed by atoms with Gasteiger partial charge in [-0.05, 0) is 6.42 Å². The number of nitrogen functional groups attached to an aromatic ring is 2. The average Bonchev–Trinajstić information content (AvgIpc) is 2.81. The summed E-state index contributed by atoms with van der Waals surface area (Å²) in [5, 5.41) is 18.0. The first-order chi connectivity index (χ1) is 10.7. The summed E-state index contributed by atoms with van der Waals surface area (Å²) in [5.41, 5.74) is 12.3. The lowest BCUT2D eigenvalue weighted by molar-refractivity contribution is 0.140. The molecule has 9 N–H and O–H groups in total. The van der Waals surface area contributed by atoms with Crippen molar-refractivity contribution in [2.24, 2.45) is 5.92 Å². The minimum absolute atomic E-state index is 0.0532. The molecular formula is C10H19N6O6P. The van der Waals surface area contributed by atoms with E-state index in [4.69, 9.17) is 40.9 Å². The Morgan fingerprint density at radius 3 is 2.26 bits per heavy atom. The van der Waals surface area contributed by atoms with Crippen molar-refractivity contribution in [3.63, 3.8) is 0 Å². The van der Waals surface area contributed by atoms with Crippen LogP contribution in [0, 0.1) is 5.92 Å². The molecule has 0 unspecified atom stereocenters. The highest BCUT2D eigenvalue weighted by Gasteiger charge is 2.12. The van der Waals surface area contributed by atoms with Crippen molar-refractivity contribution in [2.45, 2.75) is 13.0 Å². The molecule has 0 aromatic carbocycles. The van der Waals surface area contributed by atoms with Crippen molar-refractivity contribution in [3.8, 4) is 0 Å². The van der Waals surface area contributed by atoms with Crippen molar-refractivity contribution in [2.75, 3.05) is 24.7 Å². The van der Waals surface area contributed by atoms with E-state index in [1.807, 2.05) is 0 Å². The molecule has 0 aliphatic rings. The molecule has 12 nitrogen and oxygen atoms in total. The van der Waals surface area contributed by atoms with E-state index < -0.39 is 7.82 Å². The van der Waals surface area contributed by atoms with Crippen LogP contribution in [-0.4, -0.2) is 57.6 Å². The number of phosphoric acid groups is 1. The Hall–Kier alpha value is -1.82. The molecule has 0 radical (unpaired) electrons. The molecule has 13 heteroatoms. The monoisotopic (exact) mass is 350 g/mol. The molecule has 0 spiro atoms. The van der Waals surface area contributed by atoms with Crippen LogP contribution in [0.1, 0.15) is 6.42 Å². The van der Waals surface area contributed by atoms with Crippen molar-refractivity contribution in [3.05, 3.63) is 6.33 Å². The van der Waals surface area contributed by atoms with Crippen LogP contribution >= 0.6 is 7.82 Å². The number of nitrogens with two attached hydrogens (primary N) is 2. The maximum atomic E-state index is 9.01. The molecule has 0 fully saturated rings. The molecule has 0 aliphatic heterocycles. The fourth-order valence-corrected chi connectivity index (χ4v) is 1.71. The third-order valence-corrected chi connectivity index (χ3v) is 2.80. The van der Waals surface area contributed by atoms with Gasteiger partial charge in [0.15, 0.2) is 11.5 Å². The molecule has 0 saturated carbocycles. The number of aliphatic hydroxyl groups excluding tert-OH is 2. The molecule has 0 bridgehead atoms. The lowest BCUT2D eigenvalue weighted by Crippen LogP contribution is -2.14. The van der Waals surface area contributed by atoms with Gasteiger partial charge in [-0.1, -0.05) is 0 Å². The molecule has 130 valence electrons. The van der Waals surface area contributed by atoms with Gasteiger partial charge in [-0.25, -0.2) is 9.55 Å². The van der Waals surface area contributed by atoms with Crippen LogP contribution in [0.15, 0.2) is 6.33 Å². The zero-order valence-electron chi connectivity index (χ0n) is 12.0. The second kappa shape index (κ2) is 8.15. The summed E-state index contributed by atoms with van der Waals surface area (Å²) in [7, 11) is -4.64. The lowest BCUT2D eigenvalue weighted by Gasteiger charge is -2.11. The first-order valence-electron chi connectivity index (χ1n) is 6.39. The van der Waals surface area contributed by atoms with E-state index in [9.17, 15) is 0 Å². The third-order valence-electron chi connectivity index (χ3n) is 2.80. The van der Waals surface area contributed by atoms with E-state index in [0.717, 1.165) is 0 Å². The predicted octanol–water partition coefficient (Wildman–Crippen LogP) is -1.95. The maximum Gasteiger partial charge on any atom is 0.466 e. The van der Waals surface area contributed by atoms with Crippen LogP contribution in [-0.2, 0) is 11.1 Å². The molecule has 2 heterocycles. The first kappa shape index (κ1) is 19.2. The van der Waals surface area contributed by atoms with Crippen molar-refractivity contribution < 1.29 is 29.5 Å². The van der Waals surface area contributed by atoms with Gasteiger partial charge in [0.25, 0.3) is 0 Å². The molecular weight excluding hydrogens is 331 g/mol. The van der Waals surface area contributed by atoms with E-state index in [2.05, 4.69) is 15.0 Å². The number of hydrogen-bond donors (Lipinski definition) is 7. The second-order valence-electron chi connectivity index (χ2n) is 4.61. The summed E-state index contributed by atoms with van der Waals surface area (Å²) >= 11 is 0.